The molecule has 0 heterocycles. The highest BCUT2D eigenvalue weighted by Gasteiger charge is 2.16. The molecule has 90 valence electrons. The molecule has 0 unspecified atom stereocenters. The number of nitriles is 1. The maximum absolute atomic E-state index is 11.5. The monoisotopic (exact) mass is 232 g/mol. The number of carbonyl (C=O) groups is 1. The van der Waals surface area contributed by atoms with E-state index in [1.807, 2.05) is 6.07 Å². The second-order valence-corrected chi connectivity index (χ2v) is 4.66. The van der Waals surface area contributed by atoms with Crippen LogP contribution in [0.3, 0.4) is 0 Å². The van der Waals surface area contributed by atoms with Gasteiger partial charge >= 0.3 is 6.09 Å². The average Bonchev–Trinajstić information content (AvgIpc) is 2.15. The molecule has 4 nitrogen and oxygen atoms in total. The van der Waals surface area contributed by atoms with Crippen LogP contribution in [0.1, 0.15) is 26.3 Å². The SMILES string of the molecule is CC(C)(C)OC(=O)Nc1cccc(CC#N)c1. The number of carbonyl (C=O) groups excluding carboxylic acids is 1. The maximum atomic E-state index is 11.5. The van der Waals surface area contributed by atoms with Gasteiger partial charge in [-0.1, -0.05) is 12.1 Å². The number of benzene rings is 1. The minimum atomic E-state index is -0.519. The van der Waals surface area contributed by atoms with E-state index in [0.29, 0.717) is 12.1 Å². The molecule has 0 aromatic heterocycles. The summed E-state index contributed by atoms with van der Waals surface area (Å²) < 4.78 is 5.13. The van der Waals surface area contributed by atoms with Gasteiger partial charge in [-0.25, -0.2) is 4.79 Å². The largest absolute Gasteiger partial charge is 0.444 e. The molecule has 4 heteroatoms. The van der Waals surface area contributed by atoms with Crippen molar-refractivity contribution in [3.63, 3.8) is 0 Å². The number of ether oxygens (including phenoxy) is 1. The second kappa shape index (κ2) is 5.35. The molecule has 1 amide bonds. The van der Waals surface area contributed by atoms with Crippen LogP contribution in [0.4, 0.5) is 10.5 Å². The fraction of sp³-hybridized carbons (Fsp3) is 0.385. The first-order valence-electron chi connectivity index (χ1n) is 5.36. The van der Waals surface area contributed by atoms with Gasteiger partial charge in [-0.15, -0.1) is 0 Å². The number of rotatable bonds is 2. The van der Waals surface area contributed by atoms with Gasteiger partial charge in [0.2, 0.25) is 0 Å². The fourth-order valence-electron chi connectivity index (χ4n) is 1.27. The standard InChI is InChI=1S/C13H16N2O2/c1-13(2,3)17-12(16)15-11-6-4-5-10(9-11)7-8-14/h4-6,9H,7H2,1-3H3,(H,15,16). The van der Waals surface area contributed by atoms with Crippen LogP contribution in [0, 0.1) is 11.3 Å². The van der Waals surface area contributed by atoms with Crippen LogP contribution < -0.4 is 5.32 Å². The molecular weight excluding hydrogens is 216 g/mol. The van der Waals surface area contributed by atoms with E-state index in [9.17, 15) is 4.79 Å². The summed E-state index contributed by atoms with van der Waals surface area (Å²) in [6, 6.07) is 9.20. The average molecular weight is 232 g/mol. The zero-order chi connectivity index (χ0) is 12.9. The molecule has 0 bridgehead atoms. The normalized spacial score (nSPS) is 10.5. The van der Waals surface area contributed by atoms with Crippen LogP contribution in [0.25, 0.3) is 0 Å². The Labute approximate surface area is 101 Å². The van der Waals surface area contributed by atoms with Crippen LogP contribution in [-0.2, 0) is 11.2 Å². The fourth-order valence-corrected chi connectivity index (χ4v) is 1.27. The van der Waals surface area contributed by atoms with E-state index in [1.54, 1.807) is 39.0 Å². The molecule has 0 aliphatic heterocycles. The molecule has 0 spiro atoms. The second-order valence-electron chi connectivity index (χ2n) is 4.66. The first-order valence-corrected chi connectivity index (χ1v) is 5.36. The molecule has 0 fully saturated rings. The van der Waals surface area contributed by atoms with Crippen molar-refractivity contribution in [1.29, 1.82) is 5.26 Å². The predicted octanol–water partition coefficient (Wildman–Crippen LogP) is 3.10. The molecule has 1 N–H and O–H groups in total. The summed E-state index contributed by atoms with van der Waals surface area (Å²) in [6.45, 7) is 5.41. The smallest absolute Gasteiger partial charge is 0.412 e. The Morgan fingerprint density at radius 3 is 2.76 bits per heavy atom. The minimum absolute atomic E-state index is 0.323. The van der Waals surface area contributed by atoms with Crippen molar-refractivity contribution in [1.82, 2.24) is 0 Å². The third kappa shape index (κ3) is 5.03. The molecule has 0 saturated carbocycles. The van der Waals surface area contributed by atoms with Crippen molar-refractivity contribution in [2.75, 3.05) is 5.32 Å². The molecule has 1 aromatic rings. The van der Waals surface area contributed by atoms with Crippen molar-refractivity contribution < 1.29 is 9.53 Å². The lowest BCUT2D eigenvalue weighted by atomic mass is 10.1. The Bertz CT molecular complexity index is 441. The Morgan fingerprint density at radius 1 is 1.47 bits per heavy atom. The summed E-state index contributed by atoms with van der Waals surface area (Å²) in [4.78, 5) is 11.5. The van der Waals surface area contributed by atoms with Crippen molar-refractivity contribution in [2.24, 2.45) is 0 Å². The molecule has 0 atom stereocenters. The topological polar surface area (TPSA) is 62.1 Å². The van der Waals surface area contributed by atoms with Gasteiger partial charge in [-0.2, -0.15) is 5.26 Å². The maximum Gasteiger partial charge on any atom is 0.412 e. The van der Waals surface area contributed by atoms with Gasteiger partial charge in [0.25, 0.3) is 0 Å². The van der Waals surface area contributed by atoms with E-state index in [2.05, 4.69) is 11.4 Å². The third-order valence-electron chi connectivity index (χ3n) is 1.86. The minimum Gasteiger partial charge on any atom is -0.444 e. The van der Waals surface area contributed by atoms with Crippen LogP contribution in [0.15, 0.2) is 24.3 Å². The van der Waals surface area contributed by atoms with E-state index in [0.717, 1.165) is 5.56 Å². The molecule has 1 rings (SSSR count). The van der Waals surface area contributed by atoms with Gasteiger partial charge in [0.05, 0.1) is 12.5 Å². The quantitative estimate of drug-likeness (QED) is 0.852. The lowest BCUT2D eigenvalue weighted by Gasteiger charge is -2.19. The molecule has 0 radical (unpaired) electrons. The number of anilines is 1. The van der Waals surface area contributed by atoms with E-state index >= 15 is 0 Å². The predicted molar refractivity (Wildman–Crippen MR) is 65.6 cm³/mol. The summed E-state index contributed by atoms with van der Waals surface area (Å²) in [5.74, 6) is 0. The number of nitrogens with zero attached hydrogens (tertiary/aromatic N) is 1. The van der Waals surface area contributed by atoms with Gasteiger partial charge in [0.15, 0.2) is 0 Å². The molecule has 1 aromatic carbocycles. The van der Waals surface area contributed by atoms with Gasteiger partial charge in [0, 0.05) is 5.69 Å². The highest BCUT2D eigenvalue weighted by molar-refractivity contribution is 5.84. The Hall–Kier alpha value is -2.02. The molecular formula is C13H16N2O2. The highest BCUT2D eigenvalue weighted by Crippen LogP contribution is 2.13. The van der Waals surface area contributed by atoms with E-state index in [4.69, 9.17) is 10.00 Å². The third-order valence-corrected chi connectivity index (χ3v) is 1.86. The number of hydrogen-bond acceptors (Lipinski definition) is 3. The Morgan fingerprint density at radius 2 is 2.18 bits per heavy atom. The van der Waals surface area contributed by atoms with Gasteiger partial charge < -0.3 is 4.74 Å². The zero-order valence-electron chi connectivity index (χ0n) is 10.3. The first kappa shape index (κ1) is 13.0. The summed E-state index contributed by atoms with van der Waals surface area (Å²) in [5, 5.41) is 11.2. The van der Waals surface area contributed by atoms with Crippen molar-refractivity contribution >= 4 is 11.8 Å². The molecule has 0 aliphatic carbocycles. The van der Waals surface area contributed by atoms with Crippen LogP contribution in [0.2, 0.25) is 0 Å². The van der Waals surface area contributed by atoms with Gasteiger partial charge in [0.1, 0.15) is 5.60 Å². The number of amides is 1. The van der Waals surface area contributed by atoms with E-state index in [-0.39, 0.29) is 0 Å². The summed E-state index contributed by atoms with van der Waals surface area (Å²) in [5.41, 5.74) is 0.974. The Balaban J connectivity index is 2.66. The summed E-state index contributed by atoms with van der Waals surface area (Å²) in [6.07, 6.45) is -0.171. The van der Waals surface area contributed by atoms with Crippen LogP contribution in [-0.4, -0.2) is 11.7 Å². The number of nitrogens with one attached hydrogen (secondary N) is 1. The number of hydrogen-bond donors (Lipinski definition) is 1. The Kier molecular flexibility index (Phi) is 4.11. The van der Waals surface area contributed by atoms with Crippen molar-refractivity contribution in [3.05, 3.63) is 29.8 Å². The van der Waals surface area contributed by atoms with Gasteiger partial charge in [-0.05, 0) is 38.5 Å². The lowest BCUT2D eigenvalue weighted by Crippen LogP contribution is -2.27. The molecule has 0 saturated heterocycles. The van der Waals surface area contributed by atoms with E-state index in [1.165, 1.54) is 0 Å². The van der Waals surface area contributed by atoms with Crippen molar-refractivity contribution in [3.8, 4) is 6.07 Å². The van der Waals surface area contributed by atoms with Crippen LogP contribution in [0.5, 0.6) is 0 Å². The van der Waals surface area contributed by atoms with Gasteiger partial charge in [-0.3, -0.25) is 5.32 Å². The highest BCUT2D eigenvalue weighted by atomic mass is 16.6. The molecule has 17 heavy (non-hydrogen) atoms. The van der Waals surface area contributed by atoms with Crippen molar-refractivity contribution in [2.45, 2.75) is 32.8 Å². The lowest BCUT2D eigenvalue weighted by molar-refractivity contribution is 0.0636. The zero-order valence-corrected chi connectivity index (χ0v) is 10.3. The van der Waals surface area contributed by atoms with Crippen LogP contribution >= 0.6 is 0 Å². The molecule has 0 aliphatic rings. The summed E-state index contributed by atoms with van der Waals surface area (Å²) >= 11 is 0. The summed E-state index contributed by atoms with van der Waals surface area (Å²) in [7, 11) is 0. The first-order chi connectivity index (χ1) is 7.90. The van der Waals surface area contributed by atoms with E-state index < -0.39 is 11.7 Å².